The molecule has 0 spiro atoms. The van der Waals surface area contributed by atoms with Gasteiger partial charge < -0.3 is 0 Å². The lowest BCUT2D eigenvalue weighted by Crippen LogP contribution is -2.24. The molecule has 0 fully saturated rings. The van der Waals surface area contributed by atoms with Crippen LogP contribution in [0.2, 0.25) is 0 Å². The van der Waals surface area contributed by atoms with Gasteiger partial charge in [-0.1, -0.05) is 61.4 Å². The van der Waals surface area contributed by atoms with Crippen molar-refractivity contribution in [3.05, 3.63) is 58.7 Å². The van der Waals surface area contributed by atoms with Gasteiger partial charge in [-0.25, -0.2) is 0 Å². The molecule has 17 heavy (non-hydrogen) atoms. The lowest BCUT2D eigenvalue weighted by Gasteiger charge is -2.30. The molecule has 0 aliphatic heterocycles. The normalized spacial score (nSPS) is 28.6. The molecule has 0 saturated heterocycles. The molecule has 0 saturated carbocycles. The van der Waals surface area contributed by atoms with Gasteiger partial charge >= 0.3 is 0 Å². The molecule has 0 aromatic heterocycles. The molecule has 3 rings (SSSR count). The molecule has 0 amide bonds. The Bertz CT molecular complexity index is 529. The molecule has 1 aromatic carbocycles. The summed E-state index contributed by atoms with van der Waals surface area (Å²) >= 11 is 0. The third kappa shape index (κ3) is 1.43. The smallest absolute Gasteiger partial charge is 0.00980 e. The third-order valence-corrected chi connectivity index (χ3v) is 4.49. The SMILES string of the molecule is CC1=CC2c3cc(C)ccc3C(C)(C)[C@H]2C=C1. The number of allylic oxidation sites excluding steroid dienone is 4. The fraction of sp³-hybridized carbons (Fsp3) is 0.412. The van der Waals surface area contributed by atoms with Gasteiger partial charge in [-0.05, 0) is 36.3 Å². The summed E-state index contributed by atoms with van der Waals surface area (Å²) < 4.78 is 0. The Labute approximate surface area is 104 Å². The molecule has 2 aliphatic rings. The molecule has 0 heteroatoms. The van der Waals surface area contributed by atoms with Crippen LogP contribution in [-0.2, 0) is 5.41 Å². The number of rotatable bonds is 0. The highest BCUT2D eigenvalue weighted by molar-refractivity contribution is 5.51. The Balaban J connectivity index is 2.22. The number of hydrogen-bond acceptors (Lipinski definition) is 0. The summed E-state index contributed by atoms with van der Waals surface area (Å²) in [6.45, 7) is 9.15. The van der Waals surface area contributed by atoms with E-state index in [2.05, 4.69) is 64.1 Å². The lowest BCUT2D eigenvalue weighted by molar-refractivity contribution is 0.393. The van der Waals surface area contributed by atoms with Gasteiger partial charge in [-0.2, -0.15) is 0 Å². The van der Waals surface area contributed by atoms with Crippen LogP contribution in [0.3, 0.4) is 0 Å². The van der Waals surface area contributed by atoms with E-state index in [0.29, 0.717) is 11.8 Å². The standard InChI is InChI=1S/C17H20/c1-11-5-7-15-13(9-11)14-10-12(2)6-8-16(14)17(15,3)4/h5-10,13,15H,1-4H3/t13?,15-/m0/s1. The predicted octanol–water partition coefficient (Wildman–Crippen LogP) is 4.50. The molecule has 0 bridgehead atoms. The zero-order chi connectivity index (χ0) is 12.2. The molecule has 2 aliphatic carbocycles. The van der Waals surface area contributed by atoms with Crippen molar-refractivity contribution in [3.8, 4) is 0 Å². The maximum atomic E-state index is 2.44. The van der Waals surface area contributed by atoms with Gasteiger partial charge in [0.1, 0.15) is 0 Å². The van der Waals surface area contributed by atoms with Crippen molar-refractivity contribution in [1.82, 2.24) is 0 Å². The molecule has 0 nitrogen and oxygen atoms in total. The second-order valence-corrected chi connectivity index (χ2v) is 6.13. The summed E-state index contributed by atoms with van der Waals surface area (Å²) in [4.78, 5) is 0. The summed E-state index contributed by atoms with van der Waals surface area (Å²) in [5.74, 6) is 1.22. The van der Waals surface area contributed by atoms with E-state index in [1.54, 1.807) is 5.56 Å². The second-order valence-electron chi connectivity index (χ2n) is 6.13. The van der Waals surface area contributed by atoms with Crippen molar-refractivity contribution in [1.29, 1.82) is 0 Å². The van der Waals surface area contributed by atoms with Crippen molar-refractivity contribution in [2.24, 2.45) is 5.92 Å². The van der Waals surface area contributed by atoms with E-state index < -0.39 is 0 Å². The Morgan fingerprint density at radius 2 is 1.88 bits per heavy atom. The molecular weight excluding hydrogens is 204 g/mol. The van der Waals surface area contributed by atoms with Crippen LogP contribution in [0.5, 0.6) is 0 Å². The van der Waals surface area contributed by atoms with Crippen molar-refractivity contribution < 1.29 is 0 Å². The second kappa shape index (κ2) is 3.35. The van der Waals surface area contributed by atoms with Crippen molar-refractivity contribution in [3.63, 3.8) is 0 Å². The number of hydrogen-bond donors (Lipinski definition) is 0. The van der Waals surface area contributed by atoms with Gasteiger partial charge in [0.25, 0.3) is 0 Å². The Morgan fingerprint density at radius 3 is 2.65 bits per heavy atom. The fourth-order valence-electron chi connectivity index (χ4n) is 3.51. The zero-order valence-corrected chi connectivity index (χ0v) is 11.1. The first kappa shape index (κ1) is 10.8. The minimum absolute atomic E-state index is 0.265. The first-order valence-corrected chi connectivity index (χ1v) is 6.48. The Kier molecular flexibility index (Phi) is 2.13. The molecule has 88 valence electrons. The Hall–Kier alpha value is -1.30. The van der Waals surface area contributed by atoms with E-state index >= 15 is 0 Å². The van der Waals surface area contributed by atoms with E-state index in [1.165, 1.54) is 16.7 Å². The minimum Gasteiger partial charge on any atom is -0.0794 e. The van der Waals surface area contributed by atoms with Crippen LogP contribution in [0.25, 0.3) is 0 Å². The molecule has 2 atom stereocenters. The lowest BCUT2D eigenvalue weighted by atomic mass is 9.74. The molecule has 0 N–H and O–H groups in total. The fourth-order valence-corrected chi connectivity index (χ4v) is 3.51. The van der Waals surface area contributed by atoms with Gasteiger partial charge in [0.15, 0.2) is 0 Å². The Morgan fingerprint density at radius 1 is 1.12 bits per heavy atom. The van der Waals surface area contributed by atoms with Gasteiger partial charge in [0, 0.05) is 5.92 Å². The summed E-state index contributed by atoms with van der Waals surface area (Å²) in [7, 11) is 0. The summed E-state index contributed by atoms with van der Waals surface area (Å²) in [6.07, 6.45) is 7.13. The molecule has 1 unspecified atom stereocenters. The first-order chi connectivity index (χ1) is 8.00. The highest BCUT2D eigenvalue weighted by Crippen LogP contribution is 2.53. The maximum absolute atomic E-state index is 2.44. The molecule has 0 heterocycles. The molecular formula is C17H20. The largest absolute Gasteiger partial charge is 0.0794 e. The van der Waals surface area contributed by atoms with E-state index in [1.807, 2.05) is 0 Å². The summed E-state index contributed by atoms with van der Waals surface area (Å²) in [5.41, 5.74) is 6.12. The van der Waals surface area contributed by atoms with Crippen LogP contribution in [0.15, 0.2) is 42.0 Å². The van der Waals surface area contributed by atoms with Crippen molar-refractivity contribution >= 4 is 0 Å². The molecule has 0 radical (unpaired) electrons. The van der Waals surface area contributed by atoms with Crippen LogP contribution < -0.4 is 0 Å². The third-order valence-electron chi connectivity index (χ3n) is 4.49. The van der Waals surface area contributed by atoms with E-state index in [0.717, 1.165) is 0 Å². The maximum Gasteiger partial charge on any atom is 0.00980 e. The van der Waals surface area contributed by atoms with E-state index in [9.17, 15) is 0 Å². The summed E-state index contributed by atoms with van der Waals surface area (Å²) in [6, 6.07) is 6.96. The van der Waals surface area contributed by atoms with Crippen LogP contribution >= 0.6 is 0 Å². The average molecular weight is 224 g/mol. The average Bonchev–Trinajstić information content (AvgIpc) is 2.47. The van der Waals surface area contributed by atoms with E-state index in [4.69, 9.17) is 0 Å². The van der Waals surface area contributed by atoms with Crippen LogP contribution in [0.4, 0.5) is 0 Å². The van der Waals surface area contributed by atoms with Crippen LogP contribution in [0.1, 0.15) is 43.4 Å². The van der Waals surface area contributed by atoms with E-state index in [-0.39, 0.29) is 5.41 Å². The predicted molar refractivity (Wildman–Crippen MR) is 73.3 cm³/mol. The van der Waals surface area contributed by atoms with Crippen molar-refractivity contribution in [2.75, 3.05) is 0 Å². The van der Waals surface area contributed by atoms with Gasteiger partial charge in [0.2, 0.25) is 0 Å². The zero-order valence-electron chi connectivity index (χ0n) is 11.1. The van der Waals surface area contributed by atoms with Crippen LogP contribution in [-0.4, -0.2) is 0 Å². The highest BCUT2D eigenvalue weighted by atomic mass is 14.5. The van der Waals surface area contributed by atoms with Gasteiger partial charge in [-0.3, -0.25) is 0 Å². The number of benzene rings is 1. The first-order valence-electron chi connectivity index (χ1n) is 6.48. The quantitative estimate of drug-likeness (QED) is 0.608. The van der Waals surface area contributed by atoms with Gasteiger partial charge in [0.05, 0.1) is 0 Å². The minimum atomic E-state index is 0.265. The van der Waals surface area contributed by atoms with Gasteiger partial charge in [-0.15, -0.1) is 0 Å². The highest BCUT2D eigenvalue weighted by Gasteiger charge is 2.44. The van der Waals surface area contributed by atoms with Crippen LogP contribution in [0, 0.1) is 12.8 Å². The topological polar surface area (TPSA) is 0 Å². The molecule has 1 aromatic rings. The number of fused-ring (bicyclic) bond motifs is 3. The monoisotopic (exact) mass is 224 g/mol. The summed E-state index contributed by atoms with van der Waals surface area (Å²) in [5, 5.41) is 0. The number of aryl methyl sites for hydroxylation is 1. The van der Waals surface area contributed by atoms with Crippen molar-refractivity contribution in [2.45, 2.75) is 39.0 Å².